The zero-order chi connectivity index (χ0) is 26.4. The van der Waals surface area contributed by atoms with Crippen LogP contribution >= 0.6 is 0 Å². The van der Waals surface area contributed by atoms with Crippen molar-refractivity contribution in [1.29, 1.82) is 0 Å². The van der Waals surface area contributed by atoms with Gasteiger partial charge in [-0.3, -0.25) is 19.7 Å². The van der Waals surface area contributed by atoms with Gasteiger partial charge in [0, 0.05) is 52.7 Å². The molecular weight excluding hydrogens is 475 g/mol. The Kier molecular flexibility index (Phi) is 6.24. The maximum atomic E-state index is 13.5. The number of anilines is 1. The van der Waals surface area contributed by atoms with E-state index in [1.54, 1.807) is 13.0 Å². The van der Waals surface area contributed by atoms with Crippen LogP contribution in [0, 0.1) is 15.5 Å². The highest BCUT2D eigenvalue weighted by Gasteiger charge is 2.43. The van der Waals surface area contributed by atoms with E-state index in [0.29, 0.717) is 29.0 Å². The molecule has 36 heavy (non-hydrogen) atoms. The van der Waals surface area contributed by atoms with Gasteiger partial charge in [0.2, 0.25) is 0 Å². The molecule has 10 heteroatoms. The van der Waals surface area contributed by atoms with Crippen LogP contribution in [0.15, 0.2) is 71.1 Å². The average Bonchev–Trinajstić information content (AvgIpc) is 2.76. The van der Waals surface area contributed by atoms with Gasteiger partial charge in [0.05, 0.1) is 10.5 Å². The maximum Gasteiger partial charge on any atom is 0.416 e. The summed E-state index contributed by atoms with van der Waals surface area (Å²) in [4.78, 5) is 37.7. The molecule has 2 N–H and O–H groups in total. The molecule has 2 aromatic carbocycles. The molecule has 1 heterocycles. The molecular formula is C26H24F3N3O4. The molecule has 0 saturated heterocycles. The van der Waals surface area contributed by atoms with Crippen molar-refractivity contribution in [2.75, 3.05) is 5.32 Å². The molecule has 2 aliphatic rings. The lowest BCUT2D eigenvalue weighted by Gasteiger charge is -2.39. The van der Waals surface area contributed by atoms with Gasteiger partial charge in [-0.25, -0.2) is 0 Å². The normalized spacial score (nSPS) is 19.5. The van der Waals surface area contributed by atoms with Crippen molar-refractivity contribution in [3.8, 4) is 0 Å². The van der Waals surface area contributed by atoms with Crippen molar-refractivity contribution in [3.63, 3.8) is 0 Å². The second-order valence-corrected chi connectivity index (χ2v) is 9.81. The molecule has 0 fully saturated rings. The lowest BCUT2D eigenvalue weighted by Crippen LogP contribution is -2.39. The van der Waals surface area contributed by atoms with Gasteiger partial charge in [-0.05, 0) is 42.5 Å². The fourth-order valence-corrected chi connectivity index (χ4v) is 4.86. The molecule has 7 nitrogen and oxygen atoms in total. The monoisotopic (exact) mass is 499 g/mol. The number of amides is 1. The summed E-state index contributed by atoms with van der Waals surface area (Å²) in [5, 5.41) is 17.1. The summed E-state index contributed by atoms with van der Waals surface area (Å²) in [6, 6.07) is 9.95. The van der Waals surface area contributed by atoms with E-state index in [2.05, 4.69) is 10.6 Å². The van der Waals surface area contributed by atoms with E-state index < -0.39 is 28.5 Å². The van der Waals surface area contributed by atoms with E-state index in [1.165, 1.54) is 30.3 Å². The number of halogens is 3. The van der Waals surface area contributed by atoms with Crippen molar-refractivity contribution in [1.82, 2.24) is 5.32 Å². The van der Waals surface area contributed by atoms with Gasteiger partial charge in [-0.2, -0.15) is 13.2 Å². The van der Waals surface area contributed by atoms with E-state index in [9.17, 15) is 32.9 Å². The smallest absolute Gasteiger partial charge is 0.362 e. The highest BCUT2D eigenvalue weighted by atomic mass is 19.4. The van der Waals surface area contributed by atoms with Crippen LogP contribution in [0.2, 0.25) is 0 Å². The molecule has 2 aromatic rings. The molecule has 4 rings (SSSR count). The molecule has 1 aliphatic heterocycles. The predicted octanol–water partition coefficient (Wildman–Crippen LogP) is 5.86. The predicted molar refractivity (Wildman–Crippen MR) is 127 cm³/mol. The third-order valence-electron chi connectivity index (χ3n) is 6.35. The van der Waals surface area contributed by atoms with Gasteiger partial charge in [-0.15, -0.1) is 0 Å². The van der Waals surface area contributed by atoms with Crippen LogP contribution in [0.3, 0.4) is 0 Å². The van der Waals surface area contributed by atoms with Crippen molar-refractivity contribution in [2.45, 2.75) is 45.7 Å². The topological polar surface area (TPSA) is 101 Å². The first-order chi connectivity index (χ1) is 16.8. The molecule has 1 atom stereocenters. The Bertz CT molecular complexity index is 1340. The summed E-state index contributed by atoms with van der Waals surface area (Å²) in [5.41, 5.74) is 0.373. The minimum Gasteiger partial charge on any atom is -0.362 e. The first-order valence-corrected chi connectivity index (χ1v) is 11.2. The lowest BCUT2D eigenvalue weighted by atomic mass is 9.68. The van der Waals surface area contributed by atoms with Crippen molar-refractivity contribution < 1.29 is 27.7 Å². The number of hydrogen-bond donors (Lipinski definition) is 2. The summed E-state index contributed by atoms with van der Waals surface area (Å²) in [6.45, 7) is 5.54. The van der Waals surface area contributed by atoms with Crippen molar-refractivity contribution in [2.24, 2.45) is 5.41 Å². The van der Waals surface area contributed by atoms with Crippen molar-refractivity contribution >= 4 is 23.1 Å². The number of nitrogens with one attached hydrogen (secondary N) is 2. The largest absolute Gasteiger partial charge is 0.416 e. The summed E-state index contributed by atoms with van der Waals surface area (Å²) in [7, 11) is 0. The molecule has 0 spiro atoms. The van der Waals surface area contributed by atoms with E-state index in [0.717, 1.165) is 12.1 Å². The number of non-ortho nitro benzene ring substituents is 1. The van der Waals surface area contributed by atoms with Gasteiger partial charge in [0.25, 0.3) is 11.6 Å². The Morgan fingerprint density at radius 3 is 2.50 bits per heavy atom. The second kappa shape index (κ2) is 8.92. The van der Waals surface area contributed by atoms with Crippen LogP contribution in [0.25, 0.3) is 0 Å². The number of benzene rings is 2. The number of nitro benzene ring substituents is 1. The van der Waals surface area contributed by atoms with Gasteiger partial charge in [0.15, 0.2) is 5.78 Å². The SMILES string of the molecule is CC1=C(C(=O)Nc2cccc(C(F)(F)F)c2)[C@@H](c2cccc([N+](=O)[O-])c2)C2=C(CC(C)(C)CC2=O)N1. The van der Waals surface area contributed by atoms with Crippen LogP contribution in [0.4, 0.5) is 24.5 Å². The standard InChI is InChI=1S/C26H24F3N3O4/c1-14-21(24(34)31-17-8-5-7-16(11-17)26(27,28)29)22(15-6-4-9-18(10-15)32(35)36)23-19(30-14)12-25(2,3)13-20(23)33/h4-11,22,30H,12-13H2,1-3H3,(H,31,34)/t22-/m1/s1. The number of hydrogen-bond acceptors (Lipinski definition) is 5. The van der Waals surface area contributed by atoms with Crippen LogP contribution in [0.1, 0.15) is 50.7 Å². The minimum absolute atomic E-state index is 0.0659. The maximum absolute atomic E-state index is 13.5. The summed E-state index contributed by atoms with van der Waals surface area (Å²) < 4.78 is 39.5. The molecule has 0 unspecified atom stereocenters. The molecule has 188 valence electrons. The van der Waals surface area contributed by atoms with E-state index >= 15 is 0 Å². The zero-order valence-electron chi connectivity index (χ0n) is 19.8. The Morgan fingerprint density at radius 1 is 1.14 bits per heavy atom. The summed E-state index contributed by atoms with van der Waals surface area (Å²) >= 11 is 0. The molecule has 0 saturated carbocycles. The van der Waals surface area contributed by atoms with Gasteiger partial charge in [-0.1, -0.05) is 32.0 Å². The minimum atomic E-state index is -4.59. The molecule has 1 aliphatic carbocycles. The number of nitro groups is 1. The highest BCUT2D eigenvalue weighted by molar-refractivity contribution is 6.10. The molecule has 0 aromatic heterocycles. The fraction of sp³-hybridized carbons (Fsp3) is 0.308. The molecule has 1 amide bonds. The fourth-order valence-electron chi connectivity index (χ4n) is 4.86. The van der Waals surface area contributed by atoms with E-state index in [1.807, 2.05) is 13.8 Å². The van der Waals surface area contributed by atoms with Gasteiger partial charge < -0.3 is 10.6 Å². The average molecular weight is 499 g/mol. The first-order valence-electron chi connectivity index (χ1n) is 11.2. The second-order valence-electron chi connectivity index (χ2n) is 9.81. The Balaban J connectivity index is 1.81. The summed E-state index contributed by atoms with van der Waals surface area (Å²) in [5.74, 6) is -1.82. The number of carbonyl (C=O) groups is 2. The molecule has 0 radical (unpaired) electrons. The Hall–Kier alpha value is -3.95. The lowest BCUT2D eigenvalue weighted by molar-refractivity contribution is -0.384. The first kappa shape index (κ1) is 25.2. The highest BCUT2D eigenvalue weighted by Crippen LogP contribution is 2.47. The van der Waals surface area contributed by atoms with Gasteiger partial charge in [0.1, 0.15) is 0 Å². The van der Waals surface area contributed by atoms with Crippen LogP contribution < -0.4 is 10.6 Å². The number of dihydropyridines is 1. The van der Waals surface area contributed by atoms with Crippen LogP contribution in [0.5, 0.6) is 0 Å². The number of alkyl halides is 3. The van der Waals surface area contributed by atoms with E-state index in [4.69, 9.17) is 0 Å². The van der Waals surface area contributed by atoms with Crippen LogP contribution in [-0.4, -0.2) is 16.6 Å². The third kappa shape index (κ3) is 4.89. The van der Waals surface area contributed by atoms with Gasteiger partial charge >= 0.3 is 6.18 Å². The number of ketones is 1. The number of rotatable bonds is 4. The van der Waals surface area contributed by atoms with Crippen LogP contribution in [-0.2, 0) is 15.8 Å². The molecule has 0 bridgehead atoms. The Morgan fingerprint density at radius 2 is 1.83 bits per heavy atom. The Labute approximate surface area is 205 Å². The summed E-state index contributed by atoms with van der Waals surface area (Å²) in [6.07, 6.45) is -3.84. The quantitative estimate of drug-likeness (QED) is 0.406. The number of carbonyl (C=O) groups excluding carboxylic acids is 2. The third-order valence-corrected chi connectivity index (χ3v) is 6.35. The zero-order valence-corrected chi connectivity index (χ0v) is 19.8. The number of allylic oxidation sites excluding steroid dienone is 3. The number of Topliss-reactive ketones (excluding diaryl/α,β-unsaturated/α-hetero) is 1. The van der Waals surface area contributed by atoms with Crippen molar-refractivity contribution in [3.05, 3.63) is 92.3 Å². The number of nitrogens with zero attached hydrogens (tertiary/aromatic N) is 1. The van der Waals surface area contributed by atoms with E-state index in [-0.39, 0.29) is 34.6 Å².